The van der Waals surface area contributed by atoms with Crippen molar-refractivity contribution in [2.45, 2.75) is 20.0 Å². The molecule has 0 aliphatic rings. The fourth-order valence-corrected chi connectivity index (χ4v) is 1.68. The van der Waals surface area contributed by atoms with Crippen LogP contribution in [-0.4, -0.2) is 11.7 Å². The van der Waals surface area contributed by atoms with Crippen molar-refractivity contribution in [1.29, 1.82) is 0 Å². The van der Waals surface area contributed by atoms with Gasteiger partial charge in [-0.3, -0.25) is 0 Å². The molecule has 0 aromatic heterocycles. The van der Waals surface area contributed by atoms with E-state index in [0.29, 0.717) is 22.2 Å². The van der Waals surface area contributed by atoms with Crippen LogP contribution in [0.15, 0.2) is 18.2 Å². The average molecular weight is 248 g/mol. The van der Waals surface area contributed by atoms with Crippen LogP contribution in [-0.2, 0) is 0 Å². The summed E-state index contributed by atoms with van der Waals surface area (Å²) < 4.78 is 0. The zero-order valence-electron chi connectivity index (χ0n) is 8.80. The van der Waals surface area contributed by atoms with Crippen LogP contribution in [0.4, 0.5) is 0 Å². The summed E-state index contributed by atoms with van der Waals surface area (Å²) in [7, 11) is 0. The van der Waals surface area contributed by atoms with Crippen molar-refractivity contribution in [3.05, 3.63) is 33.8 Å². The van der Waals surface area contributed by atoms with Gasteiger partial charge in [-0.25, -0.2) is 0 Å². The van der Waals surface area contributed by atoms with E-state index >= 15 is 0 Å². The van der Waals surface area contributed by atoms with Crippen LogP contribution in [0.5, 0.6) is 0 Å². The molecule has 0 bridgehead atoms. The molecule has 1 atom stereocenters. The molecule has 0 amide bonds. The monoisotopic (exact) mass is 247 g/mol. The lowest BCUT2D eigenvalue weighted by Crippen LogP contribution is -2.30. The van der Waals surface area contributed by atoms with Gasteiger partial charge >= 0.3 is 0 Å². The van der Waals surface area contributed by atoms with Crippen LogP contribution < -0.4 is 5.73 Å². The largest absolute Gasteiger partial charge is 0.388 e. The maximum Gasteiger partial charge on any atom is 0.0867 e. The van der Waals surface area contributed by atoms with Gasteiger partial charge in [-0.1, -0.05) is 49.2 Å². The Morgan fingerprint density at radius 1 is 1.40 bits per heavy atom. The molecule has 0 spiro atoms. The number of hydrogen-bond donors (Lipinski definition) is 2. The van der Waals surface area contributed by atoms with Crippen molar-refractivity contribution in [3.8, 4) is 0 Å². The van der Waals surface area contributed by atoms with E-state index in [4.69, 9.17) is 28.9 Å². The first kappa shape index (κ1) is 12.8. The molecule has 15 heavy (non-hydrogen) atoms. The van der Waals surface area contributed by atoms with Crippen LogP contribution in [0.2, 0.25) is 10.0 Å². The summed E-state index contributed by atoms with van der Waals surface area (Å²) >= 11 is 11.9. The van der Waals surface area contributed by atoms with Gasteiger partial charge in [0.2, 0.25) is 0 Å². The summed E-state index contributed by atoms with van der Waals surface area (Å²) in [4.78, 5) is 0. The fraction of sp³-hybridized carbons (Fsp3) is 0.455. The second-order valence-corrected chi connectivity index (χ2v) is 5.02. The number of nitrogens with two attached hydrogens (primary N) is 1. The third kappa shape index (κ3) is 2.64. The van der Waals surface area contributed by atoms with E-state index in [1.165, 1.54) is 0 Å². The summed E-state index contributed by atoms with van der Waals surface area (Å²) in [6, 6.07) is 5.21. The highest BCUT2D eigenvalue weighted by atomic mass is 35.5. The van der Waals surface area contributed by atoms with E-state index in [2.05, 4.69) is 0 Å². The first-order valence-electron chi connectivity index (χ1n) is 4.72. The molecule has 0 fully saturated rings. The van der Waals surface area contributed by atoms with Crippen LogP contribution in [0, 0.1) is 5.41 Å². The molecular weight excluding hydrogens is 233 g/mol. The molecule has 0 radical (unpaired) electrons. The Labute approximate surface area is 100.0 Å². The predicted octanol–water partition coefficient (Wildman–Crippen LogP) is 3.01. The van der Waals surface area contributed by atoms with Gasteiger partial charge in [-0.05, 0) is 6.07 Å². The summed E-state index contributed by atoms with van der Waals surface area (Å²) in [5, 5.41) is 11.0. The average Bonchev–Trinajstić information content (AvgIpc) is 2.21. The van der Waals surface area contributed by atoms with E-state index in [0.717, 1.165) is 0 Å². The van der Waals surface area contributed by atoms with Crippen LogP contribution in [0.3, 0.4) is 0 Å². The Hall–Kier alpha value is -0.280. The molecule has 0 saturated carbocycles. The highest BCUT2D eigenvalue weighted by molar-refractivity contribution is 6.42. The van der Waals surface area contributed by atoms with Gasteiger partial charge in [-0.2, -0.15) is 0 Å². The maximum absolute atomic E-state index is 10.1. The maximum atomic E-state index is 10.1. The molecule has 0 aliphatic heterocycles. The molecular formula is C11H15Cl2NO. The summed E-state index contributed by atoms with van der Waals surface area (Å²) in [6.07, 6.45) is -0.714. The number of benzene rings is 1. The first-order chi connectivity index (χ1) is 6.90. The summed E-state index contributed by atoms with van der Waals surface area (Å²) in [5.41, 5.74) is 5.80. The molecule has 1 unspecified atom stereocenters. The lowest BCUT2D eigenvalue weighted by atomic mass is 9.83. The number of aliphatic hydroxyl groups excluding tert-OH is 1. The van der Waals surface area contributed by atoms with Crippen molar-refractivity contribution >= 4 is 23.2 Å². The Morgan fingerprint density at radius 3 is 2.53 bits per heavy atom. The van der Waals surface area contributed by atoms with Crippen molar-refractivity contribution in [2.75, 3.05) is 6.54 Å². The van der Waals surface area contributed by atoms with Gasteiger partial charge < -0.3 is 10.8 Å². The normalized spacial score (nSPS) is 14.0. The minimum atomic E-state index is -0.714. The van der Waals surface area contributed by atoms with Gasteiger partial charge in [-0.15, -0.1) is 0 Å². The molecule has 0 saturated heterocycles. The quantitative estimate of drug-likeness (QED) is 0.863. The molecule has 2 nitrogen and oxygen atoms in total. The second kappa shape index (κ2) is 4.71. The van der Waals surface area contributed by atoms with Crippen molar-refractivity contribution < 1.29 is 5.11 Å². The highest BCUT2D eigenvalue weighted by Gasteiger charge is 2.29. The summed E-state index contributed by atoms with van der Waals surface area (Å²) in [6.45, 7) is 4.14. The Bertz CT molecular complexity index is 352. The number of rotatable bonds is 3. The molecule has 0 aliphatic carbocycles. The standard InChI is InChI=1S/C11H15Cl2NO/c1-11(2,6-14)10(15)7-4-3-5-8(12)9(7)13/h3-5,10,15H,6,14H2,1-2H3. The molecule has 84 valence electrons. The smallest absolute Gasteiger partial charge is 0.0867 e. The van der Waals surface area contributed by atoms with Gasteiger partial charge in [0.25, 0.3) is 0 Å². The number of halogens is 2. The van der Waals surface area contributed by atoms with Crippen molar-refractivity contribution in [2.24, 2.45) is 11.1 Å². The van der Waals surface area contributed by atoms with Gasteiger partial charge in [0.05, 0.1) is 16.1 Å². The zero-order chi connectivity index (χ0) is 11.6. The molecule has 1 aromatic rings. The van der Waals surface area contributed by atoms with Gasteiger partial charge in [0.1, 0.15) is 0 Å². The lowest BCUT2D eigenvalue weighted by molar-refractivity contribution is 0.0556. The van der Waals surface area contributed by atoms with E-state index in [9.17, 15) is 5.11 Å². The Kier molecular flexibility index (Phi) is 4.01. The molecule has 1 rings (SSSR count). The Balaban J connectivity index is 3.12. The third-order valence-corrected chi connectivity index (χ3v) is 3.38. The topological polar surface area (TPSA) is 46.2 Å². The molecule has 3 N–H and O–H groups in total. The lowest BCUT2D eigenvalue weighted by Gasteiger charge is -2.29. The zero-order valence-corrected chi connectivity index (χ0v) is 10.3. The predicted molar refractivity (Wildman–Crippen MR) is 64.3 cm³/mol. The minimum Gasteiger partial charge on any atom is -0.388 e. The van der Waals surface area contributed by atoms with Gasteiger partial charge in [0.15, 0.2) is 0 Å². The second-order valence-electron chi connectivity index (χ2n) is 4.24. The van der Waals surface area contributed by atoms with E-state index in [1.807, 2.05) is 13.8 Å². The van der Waals surface area contributed by atoms with Crippen LogP contribution in [0.25, 0.3) is 0 Å². The van der Waals surface area contributed by atoms with Crippen LogP contribution in [0.1, 0.15) is 25.5 Å². The Morgan fingerprint density at radius 2 is 2.00 bits per heavy atom. The third-order valence-electron chi connectivity index (χ3n) is 2.54. The highest BCUT2D eigenvalue weighted by Crippen LogP contribution is 2.38. The molecule has 0 heterocycles. The van der Waals surface area contributed by atoms with Gasteiger partial charge in [0, 0.05) is 17.5 Å². The summed E-state index contributed by atoms with van der Waals surface area (Å²) in [5.74, 6) is 0. The number of aliphatic hydroxyl groups is 1. The minimum absolute atomic E-state index is 0.372. The van der Waals surface area contributed by atoms with Crippen molar-refractivity contribution in [1.82, 2.24) is 0 Å². The van der Waals surface area contributed by atoms with E-state index in [-0.39, 0.29) is 0 Å². The van der Waals surface area contributed by atoms with Crippen molar-refractivity contribution in [3.63, 3.8) is 0 Å². The fourth-order valence-electron chi connectivity index (χ4n) is 1.26. The molecule has 4 heteroatoms. The van der Waals surface area contributed by atoms with E-state index in [1.54, 1.807) is 18.2 Å². The van der Waals surface area contributed by atoms with Crippen LogP contribution >= 0.6 is 23.2 Å². The number of hydrogen-bond acceptors (Lipinski definition) is 2. The SMILES string of the molecule is CC(C)(CN)C(O)c1cccc(Cl)c1Cl. The first-order valence-corrected chi connectivity index (χ1v) is 5.48. The molecule has 1 aromatic carbocycles. The van der Waals surface area contributed by atoms with E-state index < -0.39 is 11.5 Å².